The van der Waals surface area contributed by atoms with Crippen LogP contribution in [-0.2, 0) is 4.79 Å². The standard InChI is InChI=1S/C18H36N2O/c1-8-14(6)17-18(21)20(15(7)10-9-12(2)3)16(19-17)11-13(4)5/h12-17,19H,8-11H2,1-7H3. The Morgan fingerprint density at radius 1 is 1.05 bits per heavy atom. The van der Waals surface area contributed by atoms with E-state index in [4.69, 9.17) is 0 Å². The SMILES string of the molecule is CCC(C)C1NC(CC(C)C)N(C(C)CCC(C)C)C1=O. The van der Waals surface area contributed by atoms with Crippen molar-refractivity contribution >= 4 is 5.91 Å². The van der Waals surface area contributed by atoms with Crippen LogP contribution in [0.3, 0.4) is 0 Å². The van der Waals surface area contributed by atoms with Crippen LogP contribution in [0.15, 0.2) is 0 Å². The van der Waals surface area contributed by atoms with Crippen molar-refractivity contribution in [3.63, 3.8) is 0 Å². The molecule has 1 N–H and O–H groups in total. The molecule has 1 saturated heterocycles. The van der Waals surface area contributed by atoms with Gasteiger partial charge in [-0.3, -0.25) is 10.1 Å². The lowest BCUT2D eigenvalue weighted by Gasteiger charge is -2.32. The minimum atomic E-state index is 0.0141. The number of hydrogen-bond donors (Lipinski definition) is 1. The Kier molecular flexibility index (Phi) is 7.19. The van der Waals surface area contributed by atoms with E-state index in [1.807, 2.05) is 0 Å². The molecule has 1 fully saturated rings. The monoisotopic (exact) mass is 296 g/mol. The summed E-state index contributed by atoms with van der Waals surface area (Å²) in [6.07, 6.45) is 4.61. The van der Waals surface area contributed by atoms with E-state index in [1.165, 1.54) is 6.42 Å². The molecular weight excluding hydrogens is 260 g/mol. The van der Waals surface area contributed by atoms with Gasteiger partial charge in [0.25, 0.3) is 0 Å². The average Bonchev–Trinajstić information content (AvgIpc) is 2.71. The van der Waals surface area contributed by atoms with Crippen LogP contribution in [0.4, 0.5) is 0 Å². The van der Waals surface area contributed by atoms with Crippen LogP contribution in [-0.4, -0.2) is 29.1 Å². The number of hydrogen-bond acceptors (Lipinski definition) is 2. The van der Waals surface area contributed by atoms with Crippen LogP contribution in [0.5, 0.6) is 0 Å². The predicted octanol–water partition coefficient (Wildman–Crippen LogP) is 4.03. The molecule has 0 aromatic carbocycles. The van der Waals surface area contributed by atoms with Gasteiger partial charge in [0, 0.05) is 6.04 Å². The zero-order valence-corrected chi connectivity index (χ0v) is 15.1. The molecule has 0 spiro atoms. The van der Waals surface area contributed by atoms with Crippen LogP contribution in [0.1, 0.15) is 74.1 Å². The van der Waals surface area contributed by atoms with Gasteiger partial charge in [-0.15, -0.1) is 0 Å². The lowest BCUT2D eigenvalue weighted by atomic mass is 9.98. The number of amides is 1. The van der Waals surface area contributed by atoms with Crippen molar-refractivity contribution in [1.29, 1.82) is 0 Å². The lowest BCUT2D eigenvalue weighted by Crippen LogP contribution is -2.44. The second-order valence-electron chi connectivity index (χ2n) is 7.74. The summed E-state index contributed by atoms with van der Waals surface area (Å²) >= 11 is 0. The minimum absolute atomic E-state index is 0.0141. The highest BCUT2D eigenvalue weighted by molar-refractivity contribution is 5.85. The van der Waals surface area contributed by atoms with Crippen molar-refractivity contribution in [3.05, 3.63) is 0 Å². The molecule has 0 bridgehead atoms. The highest BCUT2D eigenvalue weighted by Gasteiger charge is 2.42. The first-order valence-electron chi connectivity index (χ1n) is 8.86. The molecule has 0 aromatic heterocycles. The lowest BCUT2D eigenvalue weighted by molar-refractivity contribution is -0.133. The van der Waals surface area contributed by atoms with Gasteiger partial charge in [-0.25, -0.2) is 0 Å². The molecule has 1 amide bonds. The van der Waals surface area contributed by atoms with Gasteiger partial charge in [-0.2, -0.15) is 0 Å². The molecule has 0 aromatic rings. The van der Waals surface area contributed by atoms with Crippen molar-refractivity contribution < 1.29 is 4.79 Å². The van der Waals surface area contributed by atoms with Crippen LogP contribution in [0, 0.1) is 17.8 Å². The summed E-state index contributed by atoms with van der Waals surface area (Å²) in [4.78, 5) is 15.0. The van der Waals surface area contributed by atoms with Crippen LogP contribution in [0.2, 0.25) is 0 Å². The zero-order valence-electron chi connectivity index (χ0n) is 15.1. The summed E-state index contributed by atoms with van der Waals surface area (Å²) in [5, 5.41) is 3.62. The number of nitrogens with one attached hydrogen (secondary N) is 1. The van der Waals surface area contributed by atoms with Crippen molar-refractivity contribution in [2.45, 2.75) is 92.4 Å². The maximum Gasteiger partial charge on any atom is 0.241 e. The third-order valence-corrected chi connectivity index (χ3v) is 4.77. The molecule has 0 saturated carbocycles. The van der Waals surface area contributed by atoms with Crippen LogP contribution >= 0.6 is 0 Å². The quantitative estimate of drug-likeness (QED) is 0.733. The molecule has 1 aliphatic rings. The van der Waals surface area contributed by atoms with E-state index in [1.54, 1.807) is 0 Å². The zero-order chi connectivity index (χ0) is 16.2. The van der Waals surface area contributed by atoms with Gasteiger partial charge in [-0.05, 0) is 43.9 Å². The van der Waals surface area contributed by atoms with E-state index in [2.05, 4.69) is 58.7 Å². The number of carbonyl (C=O) groups is 1. The summed E-state index contributed by atoms with van der Waals surface area (Å²) < 4.78 is 0. The Hall–Kier alpha value is -0.570. The Balaban J connectivity index is 2.81. The highest BCUT2D eigenvalue weighted by atomic mass is 16.2. The third-order valence-electron chi connectivity index (χ3n) is 4.77. The van der Waals surface area contributed by atoms with E-state index in [-0.39, 0.29) is 12.2 Å². The maximum absolute atomic E-state index is 12.8. The fourth-order valence-corrected chi connectivity index (χ4v) is 3.18. The molecule has 1 heterocycles. The van der Waals surface area contributed by atoms with Crippen molar-refractivity contribution in [3.8, 4) is 0 Å². The third kappa shape index (κ3) is 4.98. The number of nitrogens with zero attached hydrogens (tertiary/aromatic N) is 1. The Bertz CT molecular complexity index is 327. The predicted molar refractivity (Wildman–Crippen MR) is 90.0 cm³/mol. The molecule has 21 heavy (non-hydrogen) atoms. The van der Waals surface area contributed by atoms with Crippen molar-refractivity contribution in [1.82, 2.24) is 10.2 Å². The Labute approximate surface area is 131 Å². The van der Waals surface area contributed by atoms with Gasteiger partial charge in [0.15, 0.2) is 0 Å². The van der Waals surface area contributed by atoms with Gasteiger partial charge in [0.2, 0.25) is 5.91 Å². The normalized spacial score (nSPS) is 26.0. The summed E-state index contributed by atoms with van der Waals surface area (Å²) in [6.45, 7) is 15.6. The molecular formula is C18H36N2O. The van der Waals surface area contributed by atoms with Gasteiger partial charge in [-0.1, -0.05) is 48.0 Å². The fourth-order valence-electron chi connectivity index (χ4n) is 3.18. The first-order chi connectivity index (χ1) is 9.77. The topological polar surface area (TPSA) is 32.3 Å². The highest BCUT2D eigenvalue weighted by Crippen LogP contribution is 2.27. The molecule has 0 radical (unpaired) electrons. The van der Waals surface area contributed by atoms with E-state index in [0.717, 1.165) is 19.3 Å². The largest absolute Gasteiger partial charge is 0.323 e. The molecule has 1 rings (SSSR count). The van der Waals surface area contributed by atoms with Crippen molar-refractivity contribution in [2.24, 2.45) is 17.8 Å². The summed E-state index contributed by atoms with van der Waals surface area (Å²) in [6, 6.07) is 0.352. The van der Waals surface area contributed by atoms with E-state index in [9.17, 15) is 4.79 Å². The van der Waals surface area contributed by atoms with E-state index < -0.39 is 0 Å². The average molecular weight is 296 g/mol. The summed E-state index contributed by atoms with van der Waals surface area (Å²) in [5.74, 6) is 2.04. The number of carbonyl (C=O) groups excluding carboxylic acids is 1. The summed E-state index contributed by atoms with van der Waals surface area (Å²) in [7, 11) is 0. The maximum atomic E-state index is 12.8. The van der Waals surface area contributed by atoms with Gasteiger partial charge < -0.3 is 4.90 Å². The van der Waals surface area contributed by atoms with Gasteiger partial charge in [0.1, 0.15) is 0 Å². The van der Waals surface area contributed by atoms with Crippen LogP contribution < -0.4 is 5.32 Å². The molecule has 3 heteroatoms. The Morgan fingerprint density at radius 3 is 2.14 bits per heavy atom. The van der Waals surface area contributed by atoms with Gasteiger partial charge in [0.05, 0.1) is 12.2 Å². The molecule has 1 aliphatic heterocycles. The molecule has 0 aliphatic carbocycles. The van der Waals surface area contributed by atoms with Crippen molar-refractivity contribution in [2.75, 3.05) is 0 Å². The molecule has 4 atom stereocenters. The first kappa shape index (κ1) is 18.5. The van der Waals surface area contributed by atoms with E-state index in [0.29, 0.717) is 29.7 Å². The second kappa shape index (κ2) is 8.17. The first-order valence-corrected chi connectivity index (χ1v) is 8.86. The van der Waals surface area contributed by atoms with E-state index >= 15 is 0 Å². The van der Waals surface area contributed by atoms with Gasteiger partial charge >= 0.3 is 0 Å². The van der Waals surface area contributed by atoms with Crippen LogP contribution in [0.25, 0.3) is 0 Å². The molecule has 3 nitrogen and oxygen atoms in total. The smallest absolute Gasteiger partial charge is 0.241 e. The fraction of sp³-hybridized carbons (Fsp3) is 0.944. The molecule has 4 unspecified atom stereocenters. The second-order valence-corrected chi connectivity index (χ2v) is 7.74. The Morgan fingerprint density at radius 2 is 1.67 bits per heavy atom. The number of rotatable bonds is 8. The summed E-state index contributed by atoms with van der Waals surface area (Å²) in [5.41, 5.74) is 0. The molecule has 124 valence electrons. The minimum Gasteiger partial charge on any atom is -0.323 e.